The standard InChI is InChI=1S/C35H32N4O6/c40-32-30(19-36-32)38-34(42)44-21-25-7-3-5-23(16-25)15-24-6-4-9-27(18-24)29-10-2-1-8-26(29)17-22-11-13-28(14-12-22)45-35(43)39-31-20-37-33(31)41/h1-14,16,18,30-31H,15,17,19-21H2,(H,36,40)(H,37,41)(H,38,42)(H,39,43)/t30-,31-/m0/s1. The third kappa shape index (κ3) is 7.48. The molecule has 4 aromatic carbocycles. The fraction of sp³-hybridized carbons (Fsp3) is 0.200. The van der Waals surface area contributed by atoms with Crippen molar-refractivity contribution >= 4 is 24.0 Å². The number of benzene rings is 4. The zero-order valence-electron chi connectivity index (χ0n) is 24.4. The van der Waals surface area contributed by atoms with Gasteiger partial charge < -0.3 is 30.7 Å². The van der Waals surface area contributed by atoms with E-state index in [2.05, 4.69) is 57.7 Å². The molecule has 0 radical (unpaired) electrons. The third-order valence-electron chi connectivity index (χ3n) is 7.73. The molecule has 4 aromatic rings. The Hall–Kier alpha value is -5.64. The number of β-lactam (4-membered cyclic amide) rings is 2. The molecule has 2 saturated heterocycles. The molecule has 0 saturated carbocycles. The van der Waals surface area contributed by atoms with Crippen molar-refractivity contribution in [1.29, 1.82) is 0 Å². The summed E-state index contributed by atoms with van der Waals surface area (Å²) in [4.78, 5) is 46.8. The molecule has 0 bridgehead atoms. The van der Waals surface area contributed by atoms with E-state index in [-0.39, 0.29) is 18.4 Å². The highest BCUT2D eigenvalue weighted by atomic mass is 16.6. The highest BCUT2D eigenvalue weighted by Crippen LogP contribution is 2.28. The fourth-order valence-corrected chi connectivity index (χ4v) is 5.18. The van der Waals surface area contributed by atoms with Gasteiger partial charge in [-0.15, -0.1) is 0 Å². The molecule has 6 rings (SSSR count). The van der Waals surface area contributed by atoms with Gasteiger partial charge in [-0.1, -0.05) is 84.9 Å². The van der Waals surface area contributed by atoms with Crippen LogP contribution in [0.4, 0.5) is 9.59 Å². The van der Waals surface area contributed by atoms with Crippen LogP contribution in [-0.2, 0) is 33.8 Å². The Balaban J connectivity index is 1.07. The van der Waals surface area contributed by atoms with Gasteiger partial charge in [0.1, 0.15) is 24.4 Å². The van der Waals surface area contributed by atoms with Crippen LogP contribution in [0.25, 0.3) is 11.1 Å². The number of alkyl carbamates (subject to hydrolysis) is 1. The van der Waals surface area contributed by atoms with E-state index >= 15 is 0 Å². The van der Waals surface area contributed by atoms with Crippen molar-refractivity contribution in [3.63, 3.8) is 0 Å². The van der Waals surface area contributed by atoms with Gasteiger partial charge in [0, 0.05) is 13.1 Å². The predicted octanol–water partition coefficient (Wildman–Crippen LogP) is 3.85. The number of hydrogen-bond donors (Lipinski definition) is 4. The van der Waals surface area contributed by atoms with E-state index < -0.39 is 24.3 Å². The Kier molecular flexibility index (Phi) is 8.72. The Morgan fingerprint density at radius 1 is 0.667 bits per heavy atom. The summed E-state index contributed by atoms with van der Waals surface area (Å²) in [6.45, 7) is 0.936. The summed E-state index contributed by atoms with van der Waals surface area (Å²) >= 11 is 0. The lowest BCUT2D eigenvalue weighted by molar-refractivity contribution is -0.128. The lowest BCUT2D eigenvalue weighted by Crippen LogP contribution is -2.62. The largest absolute Gasteiger partial charge is 0.445 e. The molecular weight excluding hydrogens is 572 g/mol. The molecule has 0 aliphatic carbocycles. The van der Waals surface area contributed by atoms with Crippen molar-refractivity contribution in [3.8, 4) is 16.9 Å². The van der Waals surface area contributed by atoms with Crippen molar-refractivity contribution < 1.29 is 28.7 Å². The summed E-state index contributed by atoms with van der Waals surface area (Å²) in [7, 11) is 0. The second kappa shape index (κ2) is 13.3. The second-order valence-corrected chi connectivity index (χ2v) is 11.0. The van der Waals surface area contributed by atoms with E-state index in [1.165, 1.54) is 0 Å². The summed E-state index contributed by atoms with van der Waals surface area (Å²) in [5.41, 5.74) is 7.56. The first-order chi connectivity index (χ1) is 21.9. The molecule has 10 nitrogen and oxygen atoms in total. The van der Waals surface area contributed by atoms with Crippen LogP contribution in [0.5, 0.6) is 5.75 Å². The Morgan fingerprint density at radius 3 is 2.00 bits per heavy atom. The SMILES string of the molecule is O=C(N[C@H]1CNC1=O)OCc1cccc(Cc2cccc(-c3ccccc3Cc3ccc(OC(=O)N[C@H]4CNC4=O)cc3)c2)c1. The summed E-state index contributed by atoms with van der Waals surface area (Å²) in [6.07, 6.45) is 0.130. The van der Waals surface area contributed by atoms with E-state index in [1.54, 1.807) is 12.1 Å². The average molecular weight is 605 g/mol. The molecular formula is C35H32N4O6. The molecule has 10 heteroatoms. The fourth-order valence-electron chi connectivity index (χ4n) is 5.18. The van der Waals surface area contributed by atoms with Gasteiger partial charge in [-0.05, 0) is 63.9 Å². The lowest BCUT2D eigenvalue weighted by Gasteiger charge is -2.26. The Morgan fingerprint density at radius 2 is 1.31 bits per heavy atom. The van der Waals surface area contributed by atoms with Gasteiger partial charge in [0.25, 0.3) is 0 Å². The number of hydrogen-bond acceptors (Lipinski definition) is 6. The summed E-state index contributed by atoms with van der Waals surface area (Å²) in [5.74, 6) is -0.0192. The third-order valence-corrected chi connectivity index (χ3v) is 7.73. The maximum absolute atomic E-state index is 12.1. The first kappa shape index (κ1) is 29.4. The maximum Gasteiger partial charge on any atom is 0.413 e. The van der Waals surface area contributed by atoms with Crippen molar-refractivity contribution in [2.45, 2.75) is 31.5 Å². The first-order valence-corrected chi connectivity index (χ1v) is 14.7. The van der Waals surface area contributed by atoms with Crippen LogP contribution in [0.2, 0.25) is 0 Å². The lowest BCUT2D eigenvalue weighted by atomic mass is 9.93. The molecule has 0 aromatic heterocycles. The van der Waals surface area contributed by atoms with Gasteiger partial charge in [-0.3, -0.25) is 9.59 Å². The van der Waals surface area contributed by atoms with Gasteiger partial charge in [-0.2, -0.15) is 0 Å². The van der Waals surface area contributed by atoms with Crippen molar-refractivity contribution in [3.05, 3.63) is 125 Å². The van der Waals surface area contributed by atoms with Crippen LogP contribution in [0.1, 0.15) is 27.8 Å². The van der Waals surface area contributed by atoms with Gasteiger partial charge in [-0.25, -0.2) is 9.59 Å². The quantitative estimate of drug-likeness (QED) is 0.203. The molecule has 0 unspecified atom stereocenters. The zero-order chi connectivity index (χ0) is 31.2. The molecule has 4 N–H and O–H groups in total. The number of amides is 4. The molecule has 45 heavy (non-hydrogen) atoms. The molecule has 2 heterocycles. The van der Waals surface area contributed by atoms with Crippen LogP contribution in [0.15, 0.2) is 97.1 Å². The highest BCUT2D eigenvalue weighted by molar-refractivity contribution is 5.91. The zero-order valence-corrected chi connectivity index (χ0v) is 24.4. The van der Waals surface area contributed by atoms with Gasteiger partial charge in [0.2, 0.25) is 11.8 Å². The molecule has 0 spiro atoms. The first-order valence-electron chi connectivity index (χ1n) is 14.7. The van der Waals surface area contributed by atoms with Crippen molar-refractivity contribution in [2.24, 2.45) is 0 Å². The molecule has 2 aliphatic rings. The van der Waals surface area contributed by atoms with Crippen LogP contribution in [0.3, 0.4) is 0 Å². The number of ether oxygens (including phenoxy) is 2. The number of carbonyl (C=O) groups is 4. The van der Waals surface area contributed by atoms with Crippen LogP contribution < -0.4 is 26.0 Å². The molecule has 4 amide bonds. The van der Waals surface area contributed by atoms with Gasteiger partial charge in [0.15, 0.2) is 0 Å². The van der Waals surface area contributed by atoms with Gasteiger partial charge >= 0.3 is 12.2 Å². The Labute approximate surface area is 260 Å². The predicted molar refractivity (Wildman–Crippen MR) is 166 cm³/mol. The smallest absolute Gasteiger partial charge is 0.413 e. The normalized spacial score (nSPS) is 16.7. The van der Waals surface area contributed by atoms with Crippen LogP contribution in [-0.4, -0.2) is 49.2 Å². The van der Waals surface area contributed by atoms with Crippen molar-refractivity contribution in [2.75, 3.05) is 13.1 Å². The monoisotopic (exact) mass is 604 g/mol. The average Bonchev–Trinajstić information content (AvgIpc) is 3.05. The van der Waals surface area contributed by atoms with Gasteiger partial charge in [0.05, 0.1) is 0 Å². The molecule has 2 aliphatic heterocycles. The minimum absolute atomic E-state index is 0.112. The van der Waals surface area contributed by atoms with Crippen LogP contribution >= 0.6 is 0 Å². The Bertz CT molecular complexity index is 1740. The topological polar surface area (TPSA) is 135 Å². The highest BCUT2D eigenvalue weighted by Gasteiger charge is 2.30. The van der Waals surface area contributed by atoms with Crippen molar-refractivity contribution in [1.82, 2.24) is 21.3 Å². The molecule has 2 atom stereocenters. The van der Waals surface area contributed by atoms with E-state index in [0.29, 0.717) is 31.7 Å². The van der Waals surface area contributed by atoms with E-state index in [0.717, 1.165) is 38.9 Å². The van der Waals surface area contributed by atoms with E-state index in [1.807, 2.05) is 48.5 Å². The number of carbonyl (C=O) groups excluding carboxylic acids is 4. The summed E-state index contributed by atoms with van der Waals surface area (Å²) < 4.78 is 10.6. The molecule has 2 fully saturated rings. The van der Waals surface area contributed by atoms with E-state index in [4.69, 9.17) is 9.47 Å². The maximum atomic E-state index is 12.1. The number of rotatable bonds is 10. The summed E-state index contributed by atoms with van der Waals surface area (Å²) in [6, 6.07) is 30.9. The summed E-state index contributed by atoms with van der Waals surface area (Å²) in [5, 5.41) is 10.2. The number of nitrogens with one attached hydrogen (secondary N) is 4. The minimum Gasteiger partial charge on any atom is -0.445 e. The second-order valence-electron chi connectivity index (χ2n) is 11.0. The molecule has 228 valence electrons. The van der Waals surface area contributed by atoms with Crippen LogP contribution in [0, 0.1) is 0 Å². The minimum atomic E-state index is -0.656. The van der Waals surface area contributed by atoms with E-state index in [9.17, 15) is 19.2 Å².